The molecule has 0 unspecified atom stereocenters. The fourth-order valence-corrected chi connectivity index (χ4v) is 2.57. The lowest BCUT2D eigenvalue weighted by molar-refractivity contribution is 0.429. The molecule has 1 heterocycles. The molecule has 1 saturated carbocycles. The monoisotopic (exact) mass is 236 g/mol. The highest BCUT2D eigenvalue weighted by Crippen LogP contribution is 2.30. The SMILES string of the molecule is CCCC[C@H](N)c1n[nH]c(C2CCCCC2)n1. The van der Waals surface area contributed by atoms with E-state index in [1.807, 2.05) is 0 Å². The van der Waals surface area contributed by atoms with E-state index in [-0.39, 0.29) is 6.04 Å². The first-order valence-corrected chi connectivity index (χ1v) is 6.99. The predicted molar refractivity (Wildman–Crippen MR) is 68.7 cm³/mol. The van der Waals surface area contributed by atoms with Gasteiger partial charge in [-0.3, -0.25) is 5.10 Å². The first-order chi connectivity index (χ1) is 8.31. The lowest BCUT2D eigenvalue weighted by Gasteiger charge is -2.18. The van der Waals surface area contributed by atoms with Crippen molar-refractivity contribution in [3.05, 3.63) is 11.6 Å². The van der Waals surface area contributed by atoms with Crippen LogP contribution in [0.5, 0.6) is 0 Å². The number of nitrogens with zero attached hydrogens (tertiary/aromatic N) is 2. The van der Waals surface area contributed by atoms with Crippen LogP contribution in [-0.2, 0) is 0 Å². The second-order valence-electron chi connectivity index (χ2n) is 5.16. The molecule has 3 N–H and O–H groups in total. The van der Waals surface area contributed by atoms with Gasteiger partial charge in [0.2, 0.25) is 0 Å². The Morgan fingerprint density at radius 2 is 2.12 bits per heavy atom. The summed E-state index contributed by atoms with van der Waals surface area (Å²) in [6, 6.07) is 0.00328. The standard InChI is InChI=1S/C13H24N4/c1-2-3-9-11(14)13-15-12(16-17-13)10-7-5-4-6-8-10/h10-11H,2-9,14H2,1H3,(H,15,16,17)/t11-/m0/s1. The summed E-state index contributed by atoms with van der Waals surface area (Å²) in [7, 11) is 0. The molecular formula is C13H24N4. The second-order valence-corrected chi connectivity index (χ2v) is 5.16. The Labute approximate surface area is 103 Å². The van der Waals surface area contributed by atoms with Gasteiger partial charge in [-0.1, -0.05) is 39.0 Å². The molecule has 0 aromatic carbocycles. The van der Waals surface area contributed by atoms with Crippen LogP contribution in [0.4, 0.5) is 0 Å². The molecule has 1 fully saturated rings. The maximum Gasteiger partial charge on any atom is 0.167 e. The number of aromatic nitrogens is 3. The summed E-state index contributed by atoms with van der Waals surface area (Å²) in [6.45, 7) is 2.18. The van der Waals surface area contributed by atoms with Gasteiger partial charge in [0.25, 0.3) is 0 Å². The van der Waals surface area contributed by atoms with Crippen LogP contribution in [0.2, 0.25) is 0 Å². The number of aromatic amines is 1. The van der Waals surface area contributed by atoms with Crippen molar-refractivity contribution >= 4 is 0 Å². The zero-order valence-electron chi connectivity index (χ0n) is 10.8. The Bertz CT molecular complexity index is 328. The maximum atomic E-state index is 6.08. The zero-order valence-corrected chi connectivity index (χ0v) is 10.8. The van der Waals surface area contributed by atoms with Gasteiger partial charge in [-0.2, -0.15) is 5.10 Å². The average molecular weight is 236 g/mol. The van der Waals surface area contributed by atoms with E-state index in [0.717, 1.165) is 24.5 Å². The van der Waals surface area contributed by atoms with Gasteiger partial charge < -0.3 is 5.73 Å². The molecule has 96 valence electrons. The minimum absolute atomic E-state index is 0.00328. The molecular weight excluding hydrogens is 212 g/mol. The molecule has 0 aliphatic heterocycles. The Morgan fingerprint density at radius 1 is 1.35 bits per heavy atom. The third-order valence-electron chi connectivity index (χ3n) is 3.71. The summed E-state index contributed by atoms with van der Waals surface area (Å²) in [4.78, 5) is 4.60. The van der Waals surface area contributed by atoms with E-state index in [0.29, 0.717) is 5.92 Å². The van der Waals surface area contributed by atoms with E-state index in [1.165, 1.54) is 38.5 Å². The molecule has 0 bridgehead atoms. The van der Waals surface area contributed by atoms with Crippen molar-refractivity contribution in [3.8, 4) is 0 Å². The Balaban J connectivity index is 1.94. The molecule has 17 heavy (non-hydrogen) atoms. The van der Waals surface area contributed by atoms with E-state index >= 15 is 0 Å². The van der Waals surface area contributed by atoms with Crippen molar-refractivity contribution in [2.45, 2.75) is 70.3 Å². The predicted octanol–water partition coefficient (Wildman–Crippen LogP) is 3.04. The number of rotatable bonds is 5. The van der Waals surface area contributed by atoms with Gasteiger partial charge in [-0.05, 0) is 19.3 Å². The molecule has 1 aromatic heterocycles. The summed E-state index contributed by atoms with van der Waals surface area (Å²) < 4.78 is 0. The van der Waals surface area contributed by atoms with Crippen LogP contribution in [0.3, 0.4) is 0 Å². The molecule has 1 atom stereocenters. The molecule has 1 aliphatic rings. The van der Waals surface area contributed by atoms with Crippen LogP contribution in [0.1, 0.15) is 81.9 Å². The number of hydrogen-bond donors (Lipinski definition) is 2. The maximum absolute atomic E-state index is 6.08. The summed E-state index contributed by atoms with van der Waals surface area (Å²) >= 11 is 0. The largest absolute Gasteiger partial charge is 0.321 e. The fraction of sp³-hybridized carbons (Fsp3) is 0.846. The minimum atomic E-state index is 0.00328. The van der Waals surface area contributed by atoms with Crippen LogP contribution >= 0.6 is 0 Å². The van der Waals surface area contributed by atoms with Gasteiger partial charge in [0.1, 0.15) is 5.82 Å². The fourth-order valence-electron chi connectivity index (χ4n) is 2.57. The van der Waals surface area contributed by atoms with E-state index in [2.05, 4.69) is 22.1 Å². The molecule has 0 saturated heterocycles. The van der Waals surface area contributed by atoms with E-state index in [4.69, 9.17) is 5.73 Å². The van der Waals surface area contributed by atoms with Crippen LogP contribution in [0, 0.1) is 0 Å². The van der Waals surface area contributed by atoms with Crippen LogP contribution in [0.15, 0.2) is 0 Å². The molecule has 4 heteroatoms. The number of hydrogen-bond acceptors (Lipinski definition) is 3. The van der Waals surface area contributed by atoms with E-state index in [1.54, 1.807) is 0 Å². The lowest BCUT2D eigenvalue weighted by atomic mass is 9.89. The normalized spacial score (nSPS) is 19.4. The Kier molecular flexibility index (Phi) is 4.54. The lowest BCUT2D eigenvalue weighted by Crippen LogP contribution is -2.12. The van der Waals surface area contributed by atoms with Crippen molar-refractivity contribution < 1.29 is 0 Å². The summed E-state index contributed by atoms with van der Waals surface area (Å²) in [5, 5.41) is 7.37. The molecule has 1 aliphatic carbocycles. The highest BCUT2D eigenvalue weighted by Gasteiger charge is 2.20. The molecule has 2 rings (SSSR count). The van der Waals surface area contributed by atoms with Crippen molar-refractivity contribution in [3.63, 3.8) is 0 Å². The molecule has 0 spiro atoms. The third-order valence-corrected chi connectivity index (χ3v) is 3.71. The average Bonchev–Trinajstić information content (AvgIpc) is 2.86. The van der Waals surface area contributed by atoms with Crippen LogP contribution in [0.25, 0.3) is 0 Å². The molecule has 0 amide bonds. The number of nitrogens with one attached hydrogen (secondary N) is 1. The van der Waals surface area contributed by atoms with E-state index in [9.17, 15) is 0 Å². The number of unbranched alkanes of at least 4 members (excludes halogenated alkanes) is 1. The van der Waals surface area contributed by atoms with Crippen molar-refractivity contribution in [2.75, 3.05) is 0 Å². The number of nitrogens with two attached hydrogens (primary N) is 1. The minimum Gasteiger partial charge on any atom is -0.321 e. The Morgan fingerprint density at radius 3 is 2.82 bits per heavy atom. The van der Waals surface area contributed by atoms with Crippen LogP contribution < -0.4 is 5.73 Å². The highest BCUT2D eigenvalue weighted by atomic mass is 15.2. The van der Waals surface area contributed by atoms with Gasteiger partial charge in [0, 0.05) is 5.92 Å². The first kappa shape index (κ1) is 12.6. The van der Waals surface area contributed by atoms with Gasteiger partial charge >= 0.3 is 0 Å². The second kappa shape index (κ2) is 6.15. The quantitative estimate of drug-likeness (QED) is 0.825. The molecule has 1 aromatic rings. The first-order valence-electron chi connectivity index (χ1n) is 6.99. The van der Waals surface area contributed by atoms with Gasteiger partial charge in [-0.25, -0.2) is 4.98 Å². The smallest absolute Gasteiger partial charge is 0.167 e. The highest BCUT2D eigenvalue weighted by molar-refractivity contribution is 5.01. The number of H-pyrrole nitrogens is 1. The Hall–Kier alpha value is -0.900. The summed E-state index contributed by atoms with van der Waals surface area (Å²) in [5.41, 5.74) is 6.08. The van der Waals surface area contributed by atoms with E-state index < -0.39 is 0 Å². The molecule has 0 radical (unpaired) electrons. The van der Waals surface area contributed by atoms with Gasteiger partial charge in [0.15, 0.2) is 5.82 Å². The van der Waals surface area contributed by atoms with Crippen molar-refractivity contribution in [1.82, 2.24) is 15.2 Å². The van der Waals surface area contributed by atoms with Gasteiger partial charge in [-0.15, -0.1) is 0 Å². The van der Waals surface area contributed by atoms with Crippen LogP contribution in [-0.4, -0.2) is 15.2 Å². The van der Waals surface area contributed by atoms with Crippen molar-refractivity contribution in [2.24, 2.45) is 5.73 Å². The zero-order chi connectivity index (χ0) is 12.1. The molecule has 4 nitrogen and oxygen atoms in total. The van der Waals surface area contributed by atoms with Crippen molar-refractivity contribution in [1.29, 1.82) is 0 Å². The topological polar surface area (TPSA) is 67.6 Å². The summed E-state index contributed by atoms with van der Waals surface area (Å²) in [5.74, 6) is 2.45. The summed E-state index contributed by atoms with van der Waals surface area (Å²) in [6.07, 6.45) is 9.82. The van der Waals surface area contributed by atoms with Gasteiger partial charge in [0.05, 0.1) is 6.04 Å². The third kappa shape index (κ3) is 3.28.